The third kappa shape index (κ3) is 3.67. The van der Waals surface area contributed by atoms with Crippen molar-refractivity contribution in [3.8, 4) is 0 Å². The predicted octanol–water partition coefficient (Wildman–Crippen LogP) is 2.77. The largest absolute Gasteiger partial charge is 0.348 e. The van der Waals surface area contributed by atoms with Crippen molar-refractivity contribution in [1.29, 1.82) is 0 Å². The molecule has 0 spiro atoms. The Balaban J connectivity index is 2.00. The van der Waals surface area contributed by atoms with E-state index in [0.717, 1.165) is 10.0 Å². The van der Waals surface area contributed by atoms with Gasteiger partial charge in [-0.3, -0.25) is 4.79 Å². The molecule has 0 aliphatic heterocycles. The van der Waals surface area contributed by atoms with Gasteiger partial charge in [0.1, 0.15) is 0 Å². The number of nitrogens with one attached hydrogen (secondary N) is 1. The van der Waals surface area contributed by atoms with Crippen LogP contribution in [0.15, 0.2) is 41.4 Å². The molecule has 1 amide bonds. The van der Waals surface area contributed by atoms with Gasteiger partial charge in [-0.1, -0.05) is 6.07 Å². The zero-order chi connectivity index (χ0) is 13.8. The predicted molar refractivity (Wildman–Crippen MR) is 78.0 cm³/mol. The minimum absolute atomic E-state index is 0.0369. The molecule has 1 aromatic heterocycles. The summed E-state index contributed by atoms with van der Waals surface area (Å²) in [6.07, 6.45) is 5.35. The van der Waals surface area contributed by atoms with Gasteiger partial charge < -0.3 is 9.88 Å². The fourth-order valence-corrected chi connectivity index (χ4v) is 2.54. The van der Waals surface area contributed by atoms with Gasteiger partial charge in [-0.25, -0.2) is 4.98 Å². The maximum absolute atomic E-state index is 12.1. The number of carbonyl (C=O) groups excluding carboxylic acids is 1. The zero-order valence-electron chi connectivity index (χ0n) is 10.9. The summed E-state index contributed by atoms with van der Waals surface area (Å²) in [7, 11) is 0. The maximum atomic E-state index is 12.1. The molecule has 2 rings (SSSR count). The molecule has 1 aromatic carbocycles. The van der Waals surface area contributed by atoms with Crippen LogP contribution in [-0.4, -0.2) is 21.5 Å². The number of hydrogen-bond acceptors (Lipinski definition) is 2. The summed E-state index contributed by atoms with van der Waals surface area (Å²) in [5, 5.41) is 2.98. The smallest absolute Gasteiger partial charge is 0.252 e. The molecule has 5 heteroatoms. The lowest BCUT2D eigenvalue weighted by atomic mass is 10.1. The fourth-order valence-electron chi connectivity index (χ4n) is 1.86. The molecule has 2 aromatic rings. The quantitative estimate of drug-likeness (QED) is 0.941. The van der Waals surface area contributed by atoms with Crippen molar-refractivity contribution in [2.45, 2.75) is 26.4 Å². The van der Waals surface area contributed by atoms with E-state index in [1.54, 1.807) is 12.5 Å². The Labute approximate surface area is 121 Å². The van der Waals surface area contributed by atoms with E-state index in [1.165, 1.54) is 0 Å². The van der Waals surface area contributed by atoms with Crippen LogP contribution in [0.2, 0.25) is 0 Å². The van der Waals surface area contributed by atoms with Gasteiger partial charge in [0.05, 0.1) is 11.9 Å². The Morgan fingerprint density at radius 2 is 2.32 bits per heavy atom. The van der Waals surface area contributed by atoms with Crippen LogP contribution < -0.4 is 5.32 Å². The lowest BCUT2D eigenvalue weighted by Crippen LogP contribution is -2.35. The van der Waals surface area contributed by atoms with Crippen molar-refractivity contribution in [1.82, 2.24) is 14.9 Å². The maximum Gasteiger partial charge on any atom is 0.252 e. The summed E-state index contributed by atoms with van der Waals surface area (Å²) in [5.74, 6) is -0.0699. The summed E-state index contributed by atoms with van der Waals surface area (Å²) < 4.78 is 2.76. The second kappa shape index (κ2) is 6.02. The summed E-state index contributed by atoms with van der Waals surface area (Å²) in [5.41, 5.74) is 1.78. The van der Waals surface area contributed by atoms with Crippen LogP contribution in [0.1, 0.15) is 22.8 Å². The molecule has 19 heavy (non-hydrogen) atoms. The van der Waals surface area contributed by atoms with E-state index in [0.29, 0.717) is 12.1 Å². The average Bonchev–Trinajstić information content (AvgIpc) is 2.81. The molecule has 0 aliphatic carbocycles. The first-order valence-corrected chi connectivity index (χ1v) is 6.88. The number of carbonyl (C=O) groups is 1. The number of hydrogen-bond donors (Lipinski definition) is 1. The van der Waals surface area contributed by atoms with Crippen LogP contribution in [0, 0.1) is 6.92 Å². The highest BCUT2D eigenvalue weighted by Crippen LogP contribution is 2.18. The van der Waals surface area contributed by atoms with E-state index in [1.807, 2.05) is 42.8 Å². The molecule has 1 N–H and O–H groups in total. The Morgan fingerprint density at radius 1 is 1.53 bits per heavy atom. The molecule has 0 saturated heterocycles. The average molecular weight is 322 g/mol. The minimum atomic E-state index is -0.0699. The summed E-state index contributed by atoms with van der Waals surface area (Å²) in [4.78, 5) is 16.1. The first-order chi connectivity index (χ1) is 9.06. The number of rotatable bonds is 4. The molecule has 1 unspecified atom stereocenters. The first-order valence-electron chi connectivity index (χ1n) is 6.09. The number of aryl methyl sites for hydroxylation is 1. The third-order valence-electron chi connectivity index (χ3n) is 2.79. The third-order valence-corrected chi connectivity index (χ3v) is 3.45. The molecule has 0 saturated carbocycles. The van der Waals surface area contributed by atoms with E-state index >= 15 is 0 Å². The van der Waals surface area contributed by atoms with E-state index in [9.17, 15) is 4.79 Å². The standard InChI is InChI=1S/C14H16BrN3O/c1-10-3-4-12(13(15)7-10)14(19)17-11(2)8-18-6-5-16-9-18/h3-7,9,11H,8H2,1-2H3,(H,17,19). The van der Waals surface area contributed by atoms with Crippen molar-refractivity contribution in [3.63, 3.8) is 0 Å². The van der Waals surface area contributed by atoms with Gasteiger partial charge in [-0.05, 0) is 47.5 Å². The highest BCUT2D eigenvalue weighted by Gasteiger charge is 2.13. The Bertz CT molecular complexity index is 566. The number of halogens is 1. The second-order valence-electron chi connectivity index (χ2n) is 4.62. The van der Waals surface area contributed by atoms with Gasteiger partial charge in [0.2, 0.25) is 0 Å². The monoisotopic (exact) mass is 321 g/mol. The van der Waals surface area contributed by atoms with Crippen molar-refractivity contribution < 1.29 is 4.79 Å². The van der Waals surface area contributed by atoms with E-state index in [2.05, 4.69) is 26.2 Å². The van der Waals surface area contributed by atoms with E-state index in [4.69, 9.17) is 0 Å². The van der Waals surface area contributed by atoms with Gasteiger partial charge >= 0.3 is 0 Å². The summed E-state index contributed by atoms with van der Waals surface area (Å²) >= 11 is 3.42. The van der Waals surface area contributed by atoms with Crippen LogP contribution in [0.4, 0.5) is 0 Å². The first kappa shape index (κ1) is 13.8. The van der Waals surface area contributed by atoms with E-state index < -0.39 is 0 Å². The van der Waals surface area contributed by atoms with Crippen molar-refractivity contribution in [2.24, 2.45) is 0 Å². The van der Waals surface area contributed by atoms with Crippen LogP contribution in [0.3, 0.4) is 0 Å². The Hall–Kier alpha value is -1.62. The molecule has 1 atom stereocenters. The topological polar surface area (TPSA) is 46.9 Å². The van der Waals surface area contributed by atoms with Gasteiger partial charge in [0, 0.05) is 29.5 Å². The number of amides is 1. The van der Waals surface area contributed by atoms with Crippen LogP contribution in [0.5, 0.6) is 0 Å². The lowest BCUT2D eigenvalue weighted by molar-refractivity contribution is 0.0936. The molecule has 0 radical (unpaired) electrons. The fraction of sp³-hybridized carbons (Fsp3) is 0.286. The SMILES string of the molecule is Cc1ccc(C(=O)NC(C)Cn2ccnc2)c(Br)c1. The number of imidazole rings is 1. The number of aromatic nitrogens is 2. The molecule has 4 nitrogen and oxygen atoms in total. The highest BCUT2D eigenvalue weighted by molar-refractivity contribution is 9.10. The summed E-state index contributed by atoms with van der Waals surface area (Å²) in [6, 6.07) is 5.74. The lowest BCUT2D eigenvalue weighted by Gasteiger charge is -2.15. The van der Waals surface area contributed by atoms with Crippen molar-refractivity contribution in [3.05, 3.63) is 52.5 Å². The molecule has 0 fully saturated rings. The highest BCUT2D eigenvalue weighted by atomic mass is 79.9. The van der Waals surface area contributed by atoms with Gasteiger partial charge in [0.15, 0.2) is 0 Å². The van der Waals surface area contributed by atoms with Crippen molar-refractivity contribution >= 4 is 21.8 Å². The Kier molecular flexibility index (Phi) is 4.37. The van der Waals surface area contributed by atoms with Gasteiger partial charge in [-0.2, -0.15) is 0 Å². The Morgan fingerprint density at radius 3 is 2.95 bits per heavy atom. The van der Waals surface area contributed by atoms with Crippen LogP contribution in [0.25, 0.3) is 0 Å². The van der Waals surface area contributed by atoms with Gasteiger partial charge in [-0.15, -0.1) is 0 Å². The second-order valence-corrected chi connectivity index (χ2v) is 5.47. The van der Waals surface area contributed by atoms with Crippen LogP contribution in [-0.2, 0) is 6.54 Å². The zero-order valence-corrected chi connectivity index (χ0v) is 12.5. The van der Waals surface area contributed by atoms with Gasteiger partial charge in [0.25, 0.3) is 5.91 Å². The molecule has 0 bridgehead atoms. The normalized spacial score (nSPS) is 12.2. The molecular weight excluding hydrogens is 306 g/mol. The van der Waals surface area contributed by atoms with Crippen LogP contribution >= 0.6 is 15.9 Å². The number of benzene rings is 1. The molecule has 100 valence electrons. The van der Waals surface area contributed by atoms with E-state index in [-0.39, 0.29) is 11.9 Å². The molecule has 0 aliphatic rings. The molecular formula is C14H16BrN3O. The summed E-state index contributed by atoms with van der Waals surface area (Å²) in [6.45, 7) is 4.67. The number of nitrogens with zero attached hydrogens (tertiary/aromatic N) is 2. The van der Waals surface area contributed by atoms with Crippen molar-refractivity contribution in [2.75, 3.05) is 0 Å². The minimum Gasteiger partial charge on any atom is -0.348 e. The molecule has 1 heterocycles.